The fourth-order valence-corrected chi connectivity index (χ4v) is 3.31. The van der Waals surface area contributed by atoms with E-state index < -0.39 is 0 Å². The van der Waals surface area contributed by atoms with Crippen molar-refractivity contribution < 1.29 is 9.90 Å². The van der Waals surface area contributed by atoms with Gasteiger partial charge in [-0.05, 0) is 31.6 Å². The van der Waals surface area contributed by atoms with Crippen molar-refractivity contribution in [3.63, 3.8) is 0 Å². The number of rotatable bonds is 3. The summed E-state index contributed by atoms with van der Waals surface area (Å²) in [5.74, 6) is 1.43. The van der Waals surface area contributed by atoms with Crippen molar-refractivity contribution >= 4 is 5.91 Å². The third kappa shape index (κ3) is 1.97. The van der Waals surface area contributed by atoms with Crippen LogP contribution in [0.1, 0.15) is 39.5 Å². The highest BCUT2D eigenvalue weighted by Crippen LogP contribution is 2.38. The number of likely N-dealkylation sites (tertiary alicyclic amines) is 1. The second kappa shape index (κ2) is 4.74. The molecular formula is C13H23NO2. The Labute approximate surface area is 97.8 Å². The second-order valence-electron chi connectivity index (χ2n) is 5.33. The van der Waals surface area contributed by atoms with Crippen molar-refractivity contribution in [2.24, 2.45) is 17.8 Å². The molecule has 2 fully saturated rings. The molecule has 0 aromatic heterocycles. The lowest BCUT2D eigenvalue weighted by Gasteiger charge is -2.23. The lowest BCUT2D eigenvalue weighted by Crippen LogP contribution is -2.35. The Bertz CT molecular complexity index is 263. The first kappa shape index (κ1) is 11.9. The zero-order valence-corrected chi connectivity index (χ0v) is 10.4. The largest absolute Gasteiger partial charge is 0.393 e. The summed E-state index contributed by atoms with van der Waals surface area (Å²) >= 11 is 0. The van der Waals surface area contributed by atoms with Crippen LogP contribution in [0, 0.1) is 17.8 Å². The highest BCUT2D eigenvalue weighted by molar-refractivity contribution is 5.79. The molecule has 1 saturated carbocycles. The van der Waals surface area contributed by atoms with E-state index in [0.717, 1.165) is 38.8 Å². The van der Waals surface area contributed by atoms with E-state index in [2.05, 4.69) is 13.8 Å². The zero-order valence-electron chi connectivity index (χ0n) is 10.4. The van der Waals surface area contributed by atoms with Crippen LogP contribution in [-0.4, -0.2) is 35.1 Å². The highest BCUT2D eigenvalue weighted by atomic mass is 16.3. The topological polar surface area (TPSA) is 40.5 Å². The summed E-state index contributed by atoms with van der Waals surface area (Å²) in [5.41, 5.74) is 0. The van der Waals surface area contributed by atoms with E-state index in [0.29, 0.717) is 17.7 Å². The van der Waals surface area contributed by atoms with Gasteiger partial charge in [0.05, 0.1) is 6.10 Å². The molecule has 0 spiro atoms. The maximum atomic E-state index is 12.2. The van der Waals surface area contributed by atoms with Gasteiger partial charge in [-0.1, -0.05) is 13.8 Å². The Hall–Kier alpha value is -0.570. The number of carbonyl (C=O) groups is 1. The summed E-state index contributed by atoms with van der Waals surface area (Å²) in [6, 6.07) is 0. The minimum atomic E-state index is -0.162. The number of carbonyl (C=O) groups excluding carboxylic acids is 1. The Morgan fingerprint density at radius 2 is 2.00 bits per heavy atom. The van der Waals surface area contributed by atoms with Crippen molar-refractivity contribution in [2.75, 3.05) is 13.1 Å². The van der Waals surface area contributed by atoms with Gasteiger partial charge in [0.25, 0.3) is 0 Å². The molecule has 1 amide bonds. The first-order valence-corrected chi connectivity index (χ1v) is 6.64. The number of fused-ring (bicyclic) bond motifs is 1. The quantitative estimate of drug-likeness (QED) is 0.793. The number of aliphatic hydroxyl groups is 1. The first-order valence-electron chi connectivity index (χ1n) is 6.64. The van der Waals surface area contributed by atoms with Gasteiger partial charge in [-0.25, -0.2) is 0 Å². The van der Waals surface area contributed by atoms with E-state index in [9.17, 15) is 9.90 Å². The Balaban J connectivity index is 1.96. The molecule has 1 saturated heterocycles. The van der Waals surface area contributed by atoms with E-state index in [-0.39, 0.29) is 12.0 Å². The molecule has 0 aromatic carbocycles. The number of aliphatic hydroxyl groups excluding tert-OH is 1. The predicted molar refractivity (Wildman–Crippen MR) is 62.9 cm³/mol. The number of hydrogen-bond donors (Lipinski definition) is 1. The van der Waals surface area contributed by atoms with Crippen molar-refractivity contribution in [2.45, 2.75) is 45.6 Å². The summed E-state index contributed by atoms with van der Waals surface area (Å²) in [6.45, 7) is 5.84. The molecule has 1 unspecified atom stereocenters. The van der Waals surface area contributed by atoms with E-state index >= 15 is 0 Å². The van der Waals surface area contributed by atoms with Crippen LogP contribution >= 0.6 is 0 Å². The molecule has 3 nitrogen and oxygen atoms in total. The monoisotopic (exact) mass is 225 g/mol. The van der Waals surface area contributed by atoms with Crippen molar-refractivity contribution in [1.29, 1.82) is 0 Å². The van der Waals surface area contributed by atoms with Crippen LogP contribution in [-0.2, 0) is 4.79 Å². The van der Waals surface area contributed by atoms with Gasteiger partial charge in [-0.15, -0.1) is 0 Å². The van der Waals surface area contributed by atoms with Crippen LogP contribution in [0.3, 0.4) is 0 Å². The van der Waals surface area contributed by atoms with Gasteiger partial charge < -0.3 is 10.0 Å². The summed E-state index contributed by atoms with van der Waals surface area (Å²) in [5, 5.41) is 9.81. The summed E-state index contributed by atoms with van der Waals surface area (Å²) in [4.78, 5) is 14.2. The molecule has 0 bridgehead atoms. The highest BCUT2D eigenvalue weighted by Gasteiger charge is 2.43. The van der Waals surface area contributed by atoms with E-state index in [1.807, 2.05) is 4.90 Å². The van der Waals surface area contributed by atoms with E-state index in [4.69, 9.17) is 0 Å². The fourth-order valence-electron chi connectivity index (χ4n) is 3.31. The standard InChI is InChI=1S/C13H23NO2/c1-3-9(4-2)13(16)14-7-10-5-6-12(15)11(10)8-14/h9-12,15H,3-8H2,1-2H3/t10-,11+,12?/m0/s1. The van der Waals surface area contributed by atoms with E-state index in [1.165, 1.54) is 0 Å². The normalized spacial score (nSPS) is 33.5. The van der Waals surface area contributed by atoms with Crippen molar-refractivity contribution in [3.05, 3.63) is 0 Å². The Morgan fingerprint density at radius 3 is 2.56 bits per heavy atom. The third-order valence-electron chi connectivity index (χ3n) is 4.47. The van der Waals surface area contributed by atoms with Crippen LogP contribution < -0.4 is 0 Å². The summed E-state index contributed by atoms with van der Waals surface area (Å²) in [6.07, 6.45) is 3.73. The van der Waals surface area contributed by atoms with Gasteiger partial charge in [0.2, 0.25) is 5.91 Å². The van der Waals surface area contributed by atoms with Crippen LogP contribution in [0.5, 0.6) is 0 Å². The number of amides is 1. The molecule has 1 N–H and O–H groups in total. The molecule has 16 heavy (non-hydrogen) atoms. The van der Waals surface area contributed by atoms with E-state index in [1.54, 1.807) is 0 Å². The maximum absolute atomic E-state index is 12.2. The molecule has 0 radical (unpaired) electrons. The van der Waals surface area contributed by atoms with Gasteiger partial charge >= 0.3 is 0 Å². The van der Waals surface area contributed by atoms with Gasteiger partial charge in [0, 0.05) is 24.9 Å². The predicted octanol–water partition coefficient (Wildman–Crippen LogP) is 1.65. The third-order valence-corrected chi connectivity index (χ3v) is 4.47. The molecular weight excluding hydrogens is 202 g/mol. The van der Waals surface area contributed by atoms with Crippen molar-refractivity contribution in [3.8, 4) is 0 Å². The molecule has 1 aliphatic heterocycles. The van der Waals surface area contributed by atoms with Crippen molar-refractivity contribution in [1.82, 2.24) is 4.90 Å². The fraction of sp³-hybridized carbons (Fsp3) is 0.923. The molecule has 92 valence electrons. The number of nitrogens with zero attached hydrogens (tertiary/aromatic N) is 1. The van der Waals surface area contributed by atoms with Crippen LogP contribution in [0.25, 0.3) is 0 Å². The molecule has 1 heterocycles. The van der Waals surface area contributed by atoms with Gasteiger partial charge in [0.1, 0.15) is 0 Å². The lowest BCUT2D eigenvalue weighted by atomic mass is 10.00. The molecule has 2 aliphatic rings. The smallest absolute Gasteiger partial charge is 0.225 e. The first-order chi connectivity index (χ1) is 7.67. The van der Waals surface area contributed by atoms with Gasteiger partial charge in [-0.3, -0.25) is 4.79 Å². The lowest BCUT2D eigenvalue weighted by molar-refractivity contribution is -0.135. The second-order valence-corrected chi connectivity index (χ2v) is 5.33. The Kier molecular flexibility index (Phi) is 3.53. The SMILES string of the molecule is CCC(CC)C(=O)N1C[C@@H]2CCC(O)[C@@H]2C1. The number of hydrogen-bond acceptors (Lipinski definition) is 2. The Morgan fingerprint density at radius 1 is 1.31 bits per heavy atom. The summed E-state index contributed by atoms with van der Waals surface area (Å²) in [7, 11) is 0. The molecule has 2 rings (SSSR count). The van der Waals surface area contributed by atoms with Gasteiger partial charge in [0.15, 0.2) is 0 Å². The van der Waals surface area contributed by atoms with Crippen LogP contribution in [0.4, 0.5) is 0 Å². The zero-order chi connectivity index (χ0) is 11.7. The molecule has 1 aliphatic carbocycles. The molecule has 0 aromatic rings. The average Bonchev–Trinajstić information content (AvgIpc) is 2.83. The van der Waals surface area contributed by atoms with Gasteiger partial charge in [-0.2, -0.15) is 0 Å². The molecule has 3 heteroatoms. The van der Waals surface area contributed by atoms with Crippen LogP contribution in [0.2, 0.25) is 0 Å². The minimum Gasteiger partial charge on any atom is -0.393 e. The minimum absolute atomic E-state index is 0.162. The maximum Gasteiger partial charge on any atom is 0.225 e. The summed E-state index contributed by atoms with van der Waals surface area (Å²) < 4.78 is 0. The van der Waals surface area contributed by atoms with Crippen LogP contribution in [0.15, 0.2) is 0 Å². The average molecular weight is 225 g/mol. The molecule has 3 atom stereocenters.